The molecular formula is C13H21BN2O3. The second-order valence-electron chi connectivity index (χ2n) is 4.28. The van der Waals surface area contributed by atoms with Crippen molar-refractivity contribution in [1.82, 2.24) is 9.78 Å². The van der Waals surface area contributed by atoms with Crippen LogP contribution in [0.2, 0.25) is 0 Å². The van der Waals surface area contributed by atoms with Gasteiger partial charge in [-0.2, -0.15) is 5.10 Å². The summed E-state index contributed by atoms with van der Waals surface area (Å²) >= 11 is 0. The first kappa shape index (κ1) is 15.6. The fourth-order valence-corrected chi connectivity index (χ4v) is 1.79. The Morgan fingerprint density at radius 3 is 2.74 bits per heavy atom. The number of unbranched alkanes of at least 4 members (excludes halogenated alkanes) is 1. The Morgan fingerprint density at radius 1 is 1.42 bits per heavy atom. The third kappa shape index (κ3) is 4.30. The van der Waals surface area contributed by atoms with Gasteiger partial charge in [0.15, 0.2) is 5.75 Å². The van der Waals surface area contributed by atoms with E-state index in [4.69, 9.17) is 4.74 Å². The zero-order chi connectivity index (χ0) is 14.3. The van der Waals surface area contributed by atoms with Gasteiger partial charge in [0.25, 0.3) is 0 Å². The van der Waals surface area contributed by atoms with E-state index in [-0.39, 0.29) is 0 Å². The van der Waals surface area contributed by atoms with Crippen molar-refractivity contribution in [3.63, 3.8) is 0 Å². The van der Waals surface area contributed by atoms with Crippen LogP contribution in [0.3, 0.4) is 0 Å². The van der Waals surface area contributed by atoms with Crippen molar-refractivity contribution in [2.75, 3.05) is 6.61 Å². The summed E-state index contributed by atoms with van der Waals surface area (Å²) in [4.78, 5) is 0. The lowest BCUT2D eigenvalue weighted by Gasteiger charge is -2.09. The lowest BCUT2D eigenvalue weighted by Crippen LogP contribution is -2.38. The van der Waals surface area contributed by atoms with Crippen LogP contribution >= 0.6 is 0 Å². The molecule has 2 N–H and O–H groups in total. The van der Waals surface area contributed by atoms with Gasteiger partial charge in [-0.05, 0) is 20.3 Å². The van der Waals surface area contributed by atoms with Crippen molar-refractivity contribution in [2.45, 2.75) is 46.6 Å². The minimum Gasteiger partial charge on any atom is -0.490 e. The van der Waals surface area contributed by atoms with Gasteiger partial charge in [0.2, 0.25) is 0 Å². The first-order valence-corrected chi connectivity index (χ1v) is 6.57. The van der Waals surface area contributed by atoms with E-state index in [0.29, 0.717) is 36.6 Å². The van der Waals surface area contributed by atoms with Gasteiger partial charge in [0.1, 0.15) is 11.3 Å². The fourth-order valence-electron chi connectivity index (χ4n) is 1.79. The van der Waals surface area contributed by atoms with E-state index in [2.05, 4.69) is 23.9 Å². The molecule has 1 heterocycles. The van der Waals surface area contributed by atoms with Gasteiger partial charge < -0.3 is 14.8 Å². The summed E-state index contributed by atoms with van der Waals surface area (Å²) in [6.45, 7) is 6.72. The molecule has 0 aliphatic carbocycles. The summed E-state index contributed by atoms with van der Waals surface area (Å²) < 4.78 is 7.18. The number of ether oxygens (including phenoxy) is 1. The second-order valence-corrected chi connectivity index (χ2v) is 4.28. The number of rotatable bonds is 7. The van der Waals surface area contributed by atoms with E-state index >= 15 is 0 Å². The highest BCUT2D eigenvalue weighted by Gasteiger charge is 2.26. The average Bonchev–Trinajstić information content (AvgIpc) is 2.67. The molecule has 1 aromatic heterocycles. The standard InChI is InChI=1S/C13H21BN2O3/c1-4-6-8-9-16-13(14(17)18)12(11(3)15-16)19-10-7-5-2/h17-18H,5,7-10H2,1-3H3. The molecule has 0 aliphatic rings. The van der Waals surface area contributed by atoms with Crippen LogP contribution in [-0.2, 0) is 6.54 Å². The van der Waals surface area contributed by atoms with Crippen LogP contribution in [-0.4, -0.2) is 33.6 Å². The maximum Gasteiger partial charge on any atom is 0.511 e. The summed E-state index contributed by atoms with van der Waals surface area (Å²) in [5.41, 5.74) is 0.982. The Balaban J connectivity index is 2.90. The molecule has 0 bridgehead atoms. The van der Waals surface area contributed by atoms with Crippen molar-refractivity contribution in [3.05, 3.63) is 5.69 Å². The lowest BCUT2D eigenvalue weighted by molar-refractivity contribution is 0.307. The van der Waals surface area contributed by atoms with E-state index in [1.165, 1.54) is 0 Å². The molecule has 0 atom stereocenters. The van der Waals surface area contributed by atoms with Crippen LogP contribution in [0.15, 0.2) is 0 Å². The fraction of sp³-hybridized carbons (Fsp3) is 0.615. The lowest BCUT2D eigenvalue weighted by atomic mass is 9.85. The smallest absolute Gasteiger partial charge is 0.490 e. The molecule has 0 aliphatic heterocycles. The predicted molar refractivity (Wildman–Crippen MR) is 75.3 cm³/mol. The van der Waals surface area contributed by atoms with E-state index in [1.807, 2.05) is 0 Å². The zero-order valence-electron chi connectivity index (χ0n) is 11.8. The van der Waals surface area contributed by atoms with Crippen molar-refractivity contribution < 1.29 is 14.8 Å². The first-order chi connectivity index (χ1) is 9.11. The molecule has 19 heavy (non-hydrogen) atoms. The average molecular weight is 264 g/mol. The Labute approximate surface area is 114 Å². The summed E-state index contributed by atoms with van der Waals surface area (Å²) in [5.74, 6) is 6.21. The molecule has 0 spiro atoms. The van der Waals surface area contributed by atoms with Gasteiger partial charge in [-0.3, -0.25) is 4.68 Å². The molecule has 1 aromatic rings. The first-order valence-electron chi connectivity index (χ1n) is 6.57. The van der Waals surface area contributed by atoms with Gasteiger partial charge >= 0.3 is 7.12 Å². The van der Waals surface area contributed by atoms with Crippen molar-refractivity contribution in [1.29, 1.82) is 0 Å². The highest BCUT2D eigenvalue weighted by atomic mass is 16.5. The van der Waals surface area contributed by atoms with Gasteiger partial charge in [-0.15, -0.1) is 11.8 Å². The summed E-state index contributed by atoms with van der Waals surface area (Å²) in [5, 5.41) is 23.3. The van der Waals surface area contributed by atoms with Gasteiger partial charge in [-0.1, -0.05) is 13.3 Å². The maximum atomic E-state index is 9.49. The Hall–Kier alpha value is -1.45. The number of nitrogens with zero attached hydrogens (tertiary/aromatic N) is 2. The van der Waals surface area contributed by atoms with E-state index < -0.39 is 7.12 Å². The topological polar surface area (TPSA) is 67.5 Å². The second kappa shape index (κ2) is 7.87. The van der Waals surface area contributed by atoms with Crippen LogP contribution in [0.5, 0.6) is 5.75 Å². The largest absolute Gasteiger partial charge is 0.511 e. The number of hydrogen-bond donors (Lipinski definition) is 2. The molecule has 0 aromatic carbocycles. The quantitative estimate of drug-likeness (QED) is 0.426. The van der Waals surface area contributed by atoms with Gasteiger partial charge in [0.05, 0.1) is 13.2 Å². The van der Waals surface area contributed by atoms with E-state index in [1.54, 1.807) is 18.5 Å². The predicted octanol–water partition coefficient (Wildman–Crippen LogP) is 0.464. The highest BCUT2D eigenvalue weighted by molar-refractivity contribution is 6.58. The van der Waals surface area contributed by atoms with Crippen LogP contribution in [0.1, 0.15) is 38.8 Å². The molecular weight excluding hydrogens is 243 g/mol. The van der Waals surface area contributed by atoms with Crippen LogP contribution in [0.4, 0.5) is 0 Å². The van der Waals surface area contributed by atoms with Crippen molar-refractivity contribution in [2.24, 2.45) is 0 Å². The van der Waals surface area contributed by atoms with Crippen LogP contribution < -0.4 is 10.3 Å². The molecule has 5 nitrogen and oxygen atoms in total. The summed E-state index contributed by atoms with van der Waals surface area (Å²) in [6.07, 6.45) is 2.56. The highest BCUT2D eigenvalue weighted by Crippen LogP contribution is 2.14. The van der Waals surface area contributed by atoms with E-state index in [9.17, 15) is 10.0 Å². The van der Waals surface area contributed by atoms with Gasteiger partial charge in [-0.25, -0.2) is 0 Å². The molecule has 104 valence electrons. The summed E-state index contributed by atoms with van der Waals surface area (Å²) in [7, 11) is -1.59. The number of hydrogen-bond acceptors (Lipinski definition) is 4. The zero-order valence-corrected chi connectivity index (χ0v) is 11.8. The minimum atomic E-state index is -1.59. The van der Waals surface area contributed by atoms with Crippen molar-refractivity contribution in [3.8, 4) is 17.6 Å². The molecule has 6 heteroatoms. The third-order valence-electron chi connectivity index (χ3n) is 2.72. The van der Waals surface area contributed by atoms with Gasteiger partial charge in [0, 0.05) is 6.42 Å². The molecule has 0 unspecified atom stereocenters. The number of aromatic nitrogens is 2. The molecule has 0 fully saturated rings. The maximum absolute atomic E-state index is 9.49. The molecule has 0 amide bonds. The Morgan fingerprint density at radius 2 is 2.16 bits per heavy atom. The number of aryl methyl sites for hydroxylation is 2. The van der Waals surface area contributed by atoms with E-state index in [0.717, 1.165) is 12.8 Å². The molecule has 1 rings (SSSR count). The SMILES string of the molecule is CC#CCCn1nc(C)c(OCCCC)c1B(O)O. The molecule has 0 radical (unpaired) electrons. The normalized spacial score (nSPS) is 9.95. The van der Waals surface area contributed by atoms with Crippen LogP contribution in [0.25, 0.3) is 0 Å². The van der Waals surface area contributed by atoms with Crippen LogP contribution in [0, 0.1) is 18.8 Å². The third-order valence-corrected chi connectivity index (χ3v) is 2.72. The van der Waals surface area contributed by atoms with Crippen molar-refractivity contribution >= 4 is 12.7 Å². The molecule has 0 saturated heterocycles. The monoisotopic (exact) mass is 264 g/mol. The molecule has 0 saturated carbocycles. The Bertz CT molecular complexity index is 460. The minimum absolute atomic E-state index is 0.312. The summed E-state index contributed by atoms with van der Waals surface area (Å²) in [6, 6.07) is 0. The Kier molecular flexibility index (Phi) is 6.47.